The fourth-order valence-corrected chi connectivity index (χ4v) is 0.869. The van der Waals surface area contributed by atoms with Crippen LogP contribution in [-0.4, -0.2) is 24.5 Å². The van der Waals surface area contributed by atoms with E-state index in [9.17, 15) is 4.79 Å². The molecule has 76 valence electrons. The number of nitrogens with one attached hydrogen (secondary N) is 1. The van der Waals surface area contributed by atoms with Crippen molar-refractivity contribution in [1.29, 1.82) is 0 Å². The average Bonchev–Trinajstić information content (AvgIpc) is 2.34. The predicted octanol–water partition coefficient (Wildman–Crippen LogP) is 1.19. The monoisotopic (exact) mass is 189 g/mol. The Bertz CT molecular complexity index is 181. The molecule has 0 aromatic carbocycles. The number of ether oxygens (including phenoxy) is 1. The summed E-state index contributed by atoms with van der Waals surface area (Å²) < 4.78 is 5.01. The minimum absolute atomic E-state index is 0.380. The predicted molar refractivity (Wildman–Crippen MR) is 44.8 cm³/mol. The maximum absolute atomic E-state index is 11.1. The number of carbonyl (C=O) groups is 1. The molecule has 1 aliphatic rings. The Kier molecular flexibility index (Phi) is 3.11. The quantitative estimate of drug-likeness (QED) is 0.629. The van der Waals surface area contributed by atoms with Crippen LogP contribution in [-0.2, 0) is 14.5 Å². The normalized spacial score (nSPS) is 22.8. The second-order valence-corrected chi connectivity index (χ2v) is 3.84. The van der Waals surface area contributed by atoms with Crippen molar-refractivity contribution in [3.05, 3.63) is 0 Å². The lowest BCUT2D eigenvalue weighted by Crippen LogP contribution is -2.38. The summed E-state index contributed by atoms with van der Waals surface area (Å²) in [6, 6.07) is 0. The summed E-state index contributed by atoms with van der Waals surface area (Å²) >= 11 is 0. The van der Waals surface area contributed by atoms with E-state index in [4.69, 9.17) is 9.62 Å². The highest BCUT2D eigenvalue weighted by Crippen LogP contribution is 2.09. The van der Waals surface area contributed by atoms with E-state index in [0.717, 1.165) is 0 Å². The van der Waals surface area contributed by atoms with Crippen molar-refractivity contribution in [3.8, 4) is 0 Å². The molecule has 0 bridgehead atoms. The molecule has 1 atom stereocenters. The number of hydrogen-bond donors (Lipinski definition) is 1. The topological polar surface area (TPSA) is 56.8 Å². The van der Waals surface area contributed by atoms with E-state index in [0.29, 0.717) is 13.0 Å². The van der Waals surface area contributed by atoms with E-state index in [2.05, 4.69) is 10.2 Å². The lowest BCUT2D eigenvalue weighted by molar-refractivity contribution is -0.278. The van der Waals surface area contributed by atoms with E-state index in [-0.39, 0.29) is 6.23 Å². The molecule has 0 aromatic heterocycles. The molecule has 1 N–H and O–H groups in total. The van der Waals surface area contributed by atoms with Crippen LogP contribution in [0.4, 0.5) is 4.79 Å². The van der Waals surface area contributed by atoms with Crippen molar-refractivity contribution in [3.63, 3.8) is 0 Å². The van der Waals surface area contributed by atoms with Crippen LogP contribution < -0.4 is 5.32 Å². The van der Waals surface area contributed by atoms with E-state index in [1.807, 2.05) is 0 Å². The molecule has 0 aliphatic carbocycles. The molecule has 1 fully saturated rings. The Morgan fingerprint density at radius 2 is 2.23 bits per heavy atom. The average molecular weight is 189 g/mol. The van der Waals surface area contributed by atoms with Crippen molar-refractivity contribution >= 4 is 6.09 Å². The first-order chi connectivity index (χ1) is 5.97. The van der Waals surface area contributed by atoms with Gasteiger partial charge in [-0.2, -0.15) is 0 Å². The third kappa shape index (κ3) is 4.10. The largest absolute Gasteiger partial charge is 0.444 e. The molecule has 1 aliphatic heterocycles. The smallest absolute Gasteiger partial charge is 0.409 e. The highest BCUT2D eigenvalue weighted by Gasteiger charge is 2.23. The number of alkyl carbamates (subject to hydrolysis) is 1. The molecule has 1 unspecified atom stereocenters. The Labute approximate surface area is 77.3 Å². The second kappa shape index (κ2) is 3.93. The van der Waals surface area contributed by atoms with Crippen LogP contribution in [0.25, 0.3) is 0 Å². The van der Waals surface area contributed by atoms with E-state index < -0.39 is 11.7 Å². The molecule has 0 radical (unpaired) electrons. The third-order valence-electron chi connectivity index (χ3n) is 1.33. The summed E-state index contributed by atoms with van der Waals surface area (Å²) in [6.07, 6.45) is -0.211. The van der Waals surface area contributed by atoms with E-state index in [1.54, 1.807) is 20.8 Å². The molecule has 0 spiro atoms. The van der Waals surface area contributed by atoms with E-state index >= 15 is 0 Å². The molecule has 0 aromatic rings. The third-order valence-corrected chi connectivity index (χ3v) is 1.33. The zero-order chi connectivity index (χ0) is 9.90. The lowest BCUT2D eigenvalue weighted by atomic mass is 10.2. The van der Waals surface area contributed by atoms with Crippen LogP contribution in [0, 0.1) is 0 Å². The molecule has 5 nitrogen and oxygen atoms in total. The fourth-order valence-electron chi connectivity index (χ4n) is 0.869. The van der Waals surface area contributed by atoms with Crippen LogP contribution in [0.1, 0.15) is 27.2 Å². The zero-order valence-electron chi connectivity index (χ0n) is 8.12. The summed E-state index contributed by atoms with van der Waals surface area (Å²) in [6.45, 7) is 5.91. The van der Waals surface area contributed by atoms with Gasteiger partial charge in [0.15, 0.2) is 6.23 Å². The Morgan fingerprint density at radius 3 is 2.69 bits per heavy atom. The molecular weight excluding hydrogens is 174 g/mol. The number of amides is 1. The Balaban J connectivity index is 2.24. The maximum Gasteiger partial charge on any atom is 0.409 e. The van der Waals surface area contributed by atoms with Crippen LogP contribution in [0.15, 0.2) is 0 Å². The fraction of sp³-hybridized carbons (Fsp3) is 0.875. The first-order valence-corrected chi connectivity index (χ1v) is 4.25. The van der Waals surface area contributed by atoms with Crippen LogP contribution in [0.3, 0.4) is 0 Å². The summed E-state index contributed by atoms with van der Waals surface area (Å²) in [5.41, 5.74) is -0.483. The Morgan fingerprint density at radius 1 is 1.54 bits per heavy atom. The number of carbonyl (C=O) groups excluding carboxylic acids is 1. The summed E-state index contributed by atoms with van der Waals surface area (Å²) in [5, 5.41) is 2.53. The van der Waals surface area contributed by atoms with Gasteiger partial charge >= 0.3 is 6.09 Å². The first kappa shape index (κ1) is 10.3. The van der Waals surface area contributed by atoms with Gasteiger partial charge in [0.2, 0.25) is 0 Å². The molecular formula is C8H15NO4. The standard InChI is InChI=1S/C8H15NO4/c1-8(2,3)12-7(10)9-6-4-5-11-13-6/h6H,4-5H2,1-3H3,(H,9,10). The highest BCUT2D eigenvalue weighted by molar-refractivity contribution is 5.67. The molecule has 13 heavy (non-hydrogen) atoms. The molecule has 5 heteroatoms. The van der Waals surface area contributed by atoms with Crippen LogP contribution in [0.5, 0.6) is 0 Å². The second-order valence-electron chi connectivity index (χ2n) is 3.84. The minimum atomic E-state index is -0.483. The van der Waals surface area contributed by atoms with Gasteiger partial charge < -0.3 is 4.74 Å². The van der Waals surface area contributed by atoms with Gasteiger partial charge in [-0.1, -0.05) is 0 Å². The minimum Gasteiger partial charge on any atom is -0.444 e. The van der Waals surface area contributed by atoms with Crippen molar-refractivity contribution < 1.29 is 19.3 Å². The Hall–Kier alpha value is -0.810. The number of rotatable bonds is 1. The maximum atomic E-state index is 11.1. The zero-order valence-corrected chi connectivity index (χ0v) is 8.12. The van der Waals surface area contributed by atoms with Crippen LogP contribution >= 0.6 is 0 Å². The van der Waals surface area contributed by atoms with Gasteiger partial charge in [0.25, 0.3) is 0 Å². The van der Waals surface area contributed by atoms with Crippen molar-refractivity contribution in [1.82, 2.24) is 5.32 Å². The van der Waals surface area contributed by atoms with Gasteiger partial charge in [-0.05, 0) is 20.8 Å². The molecule has 1 amide bonds. The van der Waals surface area contributed by atoms with Gasteiger partial charge in [0.1, 0.15) is 5.60 Å². The highest BCUT2D eigenvalue weighted by atomic mass is 17.2. The van der Waals surface area contributed by atoms with Crippen molar-refractivity contribution in [2.75, 3.05) is 6.61 Å². The van der Waals surface area contributed by atoms with Gasteiger partial charge in [0.05, 0.1) is 6.61 Å². The summed E-state index contributed by atoms with van der Waals surface area (Å²) in [4.78, 5) is 20.5. The number of hydrogen-bond acceptors (Lipinski definition) is 4. The van der Waals surface area contributed by atoms with Crippen molar-refractivity contribution in [2.45, 2.75) is 39.0 Å². The van der Waals surface area contributed by atoms with Gasteiger partial charge in [0, 0.05) is 6.42 Å². The molecule has 1 heterocycles. The molecule has 0 saturated carbocycles. The van der Waals surface area contributed by atoms with Gasteiger partial charge in [-0.3, -0.25) is 5.32 Å². The van der Waals surface area contributed by atoms with E-state index in [1.165, 1.54) is 0 Å². The molecule has 1 saturated heterocycles. The summed E-state index contributed by atoms with van der Waals surface area (Å²) in [7, 11) is 0. The SMILES string of the molecule is CC(C)(C)OC(=O)NC1CCOO1. The molecule has 1 rings (SSSR count). The lowest BCUT2D eigenvalue weighted by Gasteiger charge is -2.20. The van der Waals surface area contributed by atoms with Crippen molar-refractivity contribution in [2.24, 2.45) is 0 Å². The first-order valence-electron chi connectivity index (χ1n) is 4.25. The van der Waals surface area contributed by atoms with Gasteiger partial charge in [-0.15, -0.1) is 0 Å². The summed E-state index contributed by atoms with van der Waals surface area (Å²) in [5.74, 6) is 0. The van der Waals surface area contributed by atoms with Gasteiger partial charge in [-0.25, -0.2) is 14.6 Å². The van der Waals surface area contributed by atoms with Crippen LogP contribution in [0.2, 0.25) is 0 Å².